The standard InChI is InChI=1S/C15H17N3O2/c16-11-6-7-12(10-4-3-8-17-14(10)11)18-15(19)13-5-1-2-9-20-13/h3-4,6-8,13H,1-2,5,9,16H2,(H,18,19). The van der Waals surface area contributed by atoms with Crippen molar-refractivity contribution in [1.29, 1.82) is 0 Å². The van der Waals surface area contributed by atoms with Gasteiger partial charge in [-0.3, -0.25) is 9.78 Å². The summed E-state index contributed by atoms with van der Waals surface area (Å²) in [4.78, 5) is 16.5. The van der Waals surface area contributed by atoms with Gasteiger partial charge >= 0.3 is 0 Å². The van der Waals surface area contributed by atoms with Crippen molar-refractivity contribution in [3.8, 4) is 0 Å². The third kappa shape index (κ3) is 2.44. The molecule has 1 aromatic heterocycles. The molecule has 5 nitrogen and oxygen atoms in total. The number of pyridine rings is 1. The van der Waals surface area contributed by atoms with Gasteiger partial charge in [-0.25, -0.2) is 0 Å². The minimum atomic E-state index is -0.354. The van der Waals surface area contributed by atoms with Crippen LogP contribution in [-0.2, 0) is 9.53 Å². The van der Waals surface area contributed by atoms with Crippen molar-refractivity contribution in [3.05, 3.63) is 30.5 Å². The molecule has 1 aromatic carbocycles. The van der Waals surface area contributed by atoms with E-state index in [2.05, 4.69) is 10.3 Å². The minimum absolute atomic E-state index is 0.0976. The molecule has 2 aromatic rings. The van der Waals surface area contributed by atoms with E-state index in [0.717, 1.165) is 30.3 Å². The van der Waals surface area contributed by atoms with Crippen LogP contribution in [0.5, 0.6) is 0 Å². The van der Waals surface area contributed by atoms with Gasteiger partial charge in [0.25, 0.3) is 5.91 Å². The van der Waals surface area contributed by atoms with Crippen molar-refractivity contribution < 1.29 is 9.53 Å². The van der Waals surface area contributed by atoms with E-state index in [1.165, 1.54) is 0 Å². The van der Waals surface area contributed by atoms with Crippen molar-refractivity contribution in [2.24, 2.45) is 0 Å². The third-order valence-electron chi connectivity index (χ3n) is 3.53. The van der Waals surface area contributed by atoms with Crippen LogP contribution in [0.3, 0.4) is 0 Å². The molecule has 104 valence electrons. The molecule has 0 saturated carbocycles. The molecule has 3 N–H and O–H groups in total. The van der Waals surface area contributed by atoms with E-state index in [1.54, 1.807) is 18.3 Å². The molecule has 1 fully saturated rings. The van der Waals surface area contributed by atoms with Crippen molar-refractivity contribution in [3.63, 3.8) is 0 Å². The highest BCUT2D eigenvalue weighted by atomic mass is 16.5. The third-order valence-corrected chi connectivity index (χ3v) is 3.53. The second-order valence-electron chi connectivity index (χ2n) is 4.95. The number of aromatic nitrogens is 1. The van der Waals surface area contributed by atoms with Gasteiger partial charge in [0.1, 0.15) is 6.10 Å². The van der Waals surface area contributed by atoms with Gasteiger partial charge in [0.2, 0.25) is 0 Å². The fourth-order valence-electron chi connectivity index (χ4n) is 2.46. The van der Waals surface area contributed by atoms with Crippen LogP contribution in [0.15, 0.2) is 30.5 Å². The lowest BCUT2D eigenvalue weighted by atomic mass is 10.1. The summed E-state index contributed by atoms with van der Waals surface area (Å²) >= 11 is 0. The molecule has 20 heavy (non-hydrogen) atoms. The maximum atomic E-state index is 12.2. The molecule has 2 heterocycles. The van der Waals surface area contributed by atoms with Crippen LogP contribution in [0, 0.1) is 0 Å². The van der Waals surface area contributed by atoms with E-state index in [-0.39, 0.29) is 12.0 Å². The number of rotatable bonds is 2. The van der Waals surface area contributed by atoms with Gasteiger partial charge in [0.05, 0.1) is 16.9 Å². The van der Waals surface area contributed by atoms with Crippen LogP contribution < -0.4 is 11.1 Å². The Morgan fingerprint density at radius 1 is 1.35 bits per heavy atom. The minimum Gasteiger partial charge on any atom is -0.397 e. The SMILES string of the molecule is Nc1ccc(NC(=O)C2CCCCO2)c2cccnc12. The molecule has 0 bridgehead atoms. The zero-order valence-corrected chi connectivity index (χ0v) is 11.1. The number of hydrogen-bond acceptors (Lipinski definition) is 4. The fourth-order valence-corrected chi connectivity index (χ4v) is 2.46. The highest BCUT2D eigenvalue weighted by Gasteiger charge is 2.22. The van der Waals surface area contributed by atoms with Gasteiger partial charge in [0.15, 0.2) is 0 Å². The lowest BCUT2D eigenvalue weighted by Crippen LogP contribution is -2.33. The summed E-state index contributed by atoms with van der Waals surface area (Å²) in [5.41, 5.74) is 7.93. The molecule has 0 radical (unpaired) electrons. The molecule has 1 unspecified atom stereocenters. The first-order valence-corrected chi connectivity index (χ1v) is 6.81. The number of nitrogen functional groups attached to an aromatic ring is 1. The fraction of sp³-hybridized carbons (Fsp3) is 0.333. The van der Waals surface area contributed by atoms with Crippen LogP contribution in [0.25, 0.3) is 10.9 Å². The molecule has 3 rings (SSSR count). The molecular formula is C15H17N3O2. The molecule has 1 aliphatic rings. The van der Waals surface area contributed by atoms with E-state index < -0.39 is 0 Å². The largest absolute Gasteiger partial charge is 0.397 e. The quantitative estimate of drug-likeness (QED) is 0.822. The Labute approximate surface area is 117 Å². The topological polar surface area (TPSA) is 77.2 Å². The number of nitrogens with zero attached hydrogens (tertiary/aromatic N) is 1. The van der Waals surface area contributed by atoms with Crippen LogP contribution >= 0.6 is 0 Å². The molecular weight excluding hydrogens is 254 g/mol. The van der Waals surface area contributed by atoms with Gasteiger partial charge in [-0.2, -0.15) is 0 Å². The Hall–Kier alpha value is -2.14. The number of ether oxygens (including phenoxy) is 1. The van der Waals surface area contributed by atoms with Gasteiger partial charge in [0, 0.05) is 18.2 Å². The average molecular weight is 271 g/mol. The van der Waals surface area contributed by atoms with Crippen LogP contribution in [-0.4, -0.2) is 23.6 Å². The summed E-state index contributed by atoms with van der Waals surface area (Å²) in [5, 5.41) is 3.77. The van der Waals surface area contributed by atoms with E-state index in [4.69, 9.17) is 10.5 Å². The van der Waals surface area contributed by atoms with Gasteiger partial charge < -0.3 is 15.8 Å². The van der Waals surface area contributed by atoms with Crippen LogP contribution in [0.2, 0.25) is 0 Å². The number of anilines is 2. The average Bonchev–Trinajstić information content (AvgIpc) is 2.51. The number of carbonyl (C=O) groups is 1. The first-order chi connectivity index (χ1) is 9.75. The van der Waals surface area contributed by atoms with Crippen molar-refractivity contribution in [1.82, 2.24) is 4.98 Å². The monoisotopic (exact) mass is 271 g/mol. The normalized spacial score (nSPS) is 18.9. The first-order valence-electron chi connectivity index (χ1n) is 6.81. The lowest BCUT2D eigenvalue weighted by molar-refractivity contribution is -0.129. The molecule has 1 saturated heterocycles. The predicted octanol–water partition coefficient (Wildman–Crippen LogP) is 2.32. The second kappa shape index (κ2) is 5.46. The van der Waals surface area contributed by atoms with E-state index >= 15 is 0 Å². The molecule has 0 spiro atoms. The number of benzene rings is 1. The zero-order valence-electron chi connectivity index (χ0n) is 11.1. The summed E-state index contributed by atoms with van der Waals surface area (Å²) in [6.45, 7) is 0.655. The lowest BCUT2D eigenvalue weighted by Gasteiger charge is -2.22. The number of hydrogen-bond donors (Lipinski definition) is 2. The Bertz CT molecular complexity index is 636. The summed E-state index contributed by atoms with van der Waals surface area (Å²) in [6.07, 6.45) is 4.17. The van der Waals surface area contributed by atoms with Gasteiger partial charge in [-0.1, -0.05) is 0 Å². The number of nitrogens with two attached hydrogens (primary N) is 1. The summed E-state index contributed by atoms with van der Waals surface area (Å²) in [5.74, 6) is -0.0976. The smallest absolute Gasteiger partial charge is 0.253 e. The number of fused-ring (bicyclic) bond motifs is 1. The molecule has 1 amide bonds. The van der Waals surface area contributed by atoms with E-state index in [1.807, 2.05) is 12.1 Å². The number of amides is 1. The molecule has 5 heteroatoms. The Morgan fingerprint density at radius 3 is 3.05 bits per heavy atom. The van der Waals surface area contributed by atoms with Gasteiger partial charge in [-0.15, -0.1) is 0 Å². The molecule has 0 aliphatic carbocycles. The summed E-state index contributed by atoms with van der Waals surface area (Å²) in [6, 6.07) is 7.29. The van der Waals surface area contributed by atoms with Crippen LogP contribution in [0.1, 0.15) is 19.3 Å². The highest BCUT2D eigenvalue weighted by Crippen LogP contribution is 2.27. The van der Waals surface area contributed by atoms with E-state index in [0.29, 0.717) is 17.8 Å². The summed E-state index contributed by atoms with van der Waals surface area (Å²) in [7, 11) is 0. The maximum absolute atomic E-state index is 12.2. The first kappa shape index (κ1) is 12.9. The Balaban J connectivity index is 1.87. The van der Waals surface area contributed by atoms with Crippen molar-refractivity contribution in [2.45, 2.75) is 25.4 Å². The van der Waals surface area contributed by atoms with Crippen molar-refractivity contribution in [2.75, 3.05) is 17.7 Å². The number of nitrogens with one attached hydrogen (secondary N) is 1. The Morgan fingerprint density at radius 2 is 2.25 bits per heavy atom. The second-order valence-corrected chi connectivity index (χ2v) is 4.95. The van der Waals surface area contributed by atoms with E-state index in [9.17, 15) is 4.79 Å². The molecule has 1 atom stereocenters. The highest BCUT2D eigenvalue weighted by molar-refractivity contribution is 6.05. The Kier molecular flexibility index (Phi) is 3.52. The zero-order chi connectivity index (χ0) is 13.9. The number of carbonyl (C=O) groups excluding carboxylic acids is 1. The predicted molar refractivity (Wildman–Crippen MR) is 78.4 cm³/mol. The molecule has 1 aliphatic heterocycles. The van der Waals surface area contributed by atoms with Crippen LogP contribution in [0.4, 0.5) is 11.4 Å². The summed E-state index contributed by atoms with van der Waals surface area (Å²) < 4.78 is 5.50. The van der Waals surface area contributed by atoms with Gasteiger partial charge in [-0.05, 0) is 43.5 Å². The maximum Gasteiger partial charge on any atom is 0.253 e. The van der Waals surface area contributed by atoms with Crippen molar-refractivity contribution >= 4 is 28.2 Å².